The average molecular weight is 393 g/mol. The molecule has 1 atom stereocenters. The quantitative estimate of drug-likeness (QED) is 0.591. The first-order valence-corrected chi connectivity index (χ1v) is 7.82. The van der Waals surface area contributed by atoms with Crippen molar-refractivity contribution in [3.63, 3.8) is 0 Å². The van der Waals surface area contributed by atoms with Crippen molar-refractivity contribution in [1.82, 2.24) is 5.01 Å². The van der Waals surface area contributed by atoms with E-state index >= 15 is 0 Å². The molecular weight excluding hydrogens is 380 g/mol. The van der Waals surface area contributed by atoms with Crippen LogP contribution in [0, 0.1) is 0 Å². The summed E-state index contributed by atoms with van der Waals surface area (Å²) in [5.41, 5.74) is 0.486. The minimum absolute atomic E-state index is 0.175. The van der Waals surface area contributed by atoms with Gasteiger partial charge in [-0.15, -0.1) is 5.10 Å². The van der Waals surface area contributed by atoms with Crippen molar-refractivity contribution in [3.05, 3.63) is 52.4 Å². The molecule has 8 heteroatoms. The highest BCUT2D eigenvalue weighted by atomic mass is 79.9. The van der Waals surface area contributed by atoms with Gasteiger partial charge in [0.1, 0.15) is 5.75 Å². The number of hydrogen-bond donors (Lipinski definition) is 0. The van der Waals surface area contributed by atoms with Gasteiger partial charge >= 0.3 is 5.97 Å². The molecule has 1 aliphatic rings. The third-order valence-electron chi connectivity index (χ3n) is 3.19. The number of carbonyl (C=O) groups excluding carboxylic acids is 2. The van der Waals surface area contributed by atoms with Gasteiger partial charge in [0.05, 0.1) is 11.8 Å². The van der Waals surface area contributed by atoms with E-state index in [0.717, 1.165) is 4.47 Å². The van der Waals surface area contributed by atoms with Crippen molar-refractivity contribution >= 4 is 33.7 Å². The van der Waals surface area contributed by atoms with Gasteiger partial charge in [0.25, 0.3) is 5.90 Å². The number of hydrazone groups is 1. The van der Waals surface area contributed by atoms with Crippen LogP contribution in [0.2, 0.25) is 0 Å². The summed E-state index contributed by atoms with van der Waals surface area (Å²) in [5.74, 6) is 0.0630. The number of nitrogens with zero attached hydrogens (tertiary/aromatic N) is 2. The lowest BCUT2D eigenvalue weighted by Gasteiger charge is -2.21. The zero-order valence-corrected chi connectivity index (χ0v) is 14.4. The van der Waals surface area contributed by atoms with Gasteiger partial charge in [-0.05, 0) is 30.3 Å². The molecule has 124 valence electrons. The van der Waals surface area contributed by atoms with Gasteiger partial charge < -0.3 is 13.9 Å². The summed E-state index contributed by atoms with van der Waals surface area (Å²) < 4.78 is 17.0. The lowest BCUT2D eigenvalue weighted by Crippen LogP contribution is -2.26. The van der Waals surface area contributed by atoms with Gasteiger partial charge in [0.15, 0.2) is 5.76 Å². The maximum atomic E-state index is 12.0. The molecule has 1 unspecified atom stereocenters. The van der Waals surface area contributed by atoms with Crippen LogP contribution in [0.4, 0.5) is 0 Å². The molecule has 1 aliphatic heterocycles. The number of amides is 1. The van der Waals surface area contributed by atoms with Crippen LogP contribution in [0.15, 0.2) is 50.6 Å². The minimum Gasteiger partial charge on any atom is -0.459 e. The number of carbonyl (C=O) groups is 2. The zero-order valence-electron chi connectivity index (χ0n) is 12.9. The minimum atomic E-state index is -0.866. The molecule has 0 saturated heterocycles. The van der Waals surface area contributed by atoms with E-state index < -0.39 is 12.2 Å². The first-order chi connectivity index (χ1) is 11.5. The molecule has 1 aromatic heterocycles. The Hall–Kier alpha value is -2.61. The summed E-state index contributed by atoms with van der Waals surface area (Å²) >= 11 is 3.37. The van der Waals surface area contributed by atoms with Crippen LogP contribution < -0.4 is 4.74 Å². The Morgan fingerprint density at radius 3 is 2.71 bits per heavy atom. The summed E-state index contributed by atoms with van der Waals surface area (Å²) in [6.07, 6.45) is 0.616. The van der Waals surface area contributed by atoms with Gasteiger partial charge in [-0.2, -0.15) is 5.01 Å². The van der Waals surface area contributed by atoms with Crippen molar-refractivity contribution in [2.24, 2.45) is 5.10 Å². The molecule has 7 nitrogen and oxygen atoms in total. The predicted octanol–water partition coefficient (Wildman–Crippen LogP) is 3.21. The second-order valence-electron chi connectivity index (χ2n) is 4.99. The fourth-order valence-corrected chi connectivity index (χ4v) is 2.61. The lowest BCUT2D eigenvalue weighted by molar-refractivity contribution is -0.135. The summed E-state index contributed by atoms with van der Waals surface area (Å²) in [6, 6.07) is 8.42. The van der Waals surface area contributed by atoms with Gasteiger partial charge in [-0.25, -0.2) is 0 Å². The molecule has 2 heterocycles. The predicted molar refractivity (Wildman–Crippen MR) is 87.0 cm³/mol. The van der Waals surface area contributed by atoms with Crippen LogP contribution in [-0.4, -0.2) is 22.8 Å². The fraction of sp³-hybridized carbons (Fsp3) is 0.188. The molecule has 0 fully saturated rings. The summed E-state index contributed by atoms with van der Waals surface area (Å²) in [5, 5.41) is 5.34. The maximum Gasteiger partial charge on any atom is 0.308 e. The maximum absolute atomic E-state index is 12.0. The van der Waals surface area contributed by atoms with E-state index in [-0.39, 0.29) is 17.6 Å². The monoisotopic (exact) mass is 392 g/mol. The standard InChI is InChI=1S/C16H13BrN2O5/c1-9(20)19-16(24-15(18-19)14-4-3-7-22-14)12-8-11(17)5-6-13(12)23-10(2)21/h3-8,16H,1-2H3. The fourth-order valence-electron chi connectivity index (χ4n) is 2.23. The highest BCUT2D eigenvalue weighted by Gasteiger charge is 2.36. The second-order valence-corrected chi connectivity index (χ2v) is 5.91. The third-order valence-corrected chi connectivity index (χ3v) is 3.68. The van der Waals surface area contributed by atoms with Crippen molar-refractivity contribution in [1.29, 1.82) is 0 Å². The normalized spacial score (nSPS) is 16.5. The Morgan fingerprint density at radius 2 is 2.08 bits per heavy atom. The smallest absolute Gasteiger partial charge is 0.308 e. The summed E-state index contributed by atoms with van der Waals surface area (Å²) in [6.45, 7) is 2.67. The van der Waals surface area contributed by atoms with Crippen LogP contribution in [0.3, 0.4) is 0 Å². The number of halogens is 1. The summed E-state index contributed by atoms with van der Waals surface area (Å²) in [4.78, 5) is 23.3. The Balaban J connectivity index is 2.01. The van der Waals surface area contributed by atoms with E-state index in [1.54, 1.807) is 30.3 Å². The molecule has 0 saturated carbocycles. The Labute approximate surface area is 146 Å². The number of ether oxygens (including phenoxy) is 2. The number of esters is 1. The zero-order chi connectivity index (χ0) is 17.3. The molecule has 0 radical (unpaired) electrons. The summed E-state index contributed by atoms with van der Waals surface area (Å²) in [7, 11) is 0. The average Bonchev–Trinajstić information content (AvgIpc) is 3.16. The topological polar surface area (TPSA) is 81.3 Å². The first-order valence-electron chi connectivity index (χ1n) is 7.02. The number of furan rings is 1. The molecule has 1 aromatic carbocycles. The Morgan fingerprint density at radius 1 is 1.29 bits per heavy atom. The molecular formula is C16H13BrN2O5. The molecule has 2 aromatic rings. The lowest BCUT2D eigenvalue weighted by atomic mass is 10.1. The second kappa shape index (κ2) is 6.48. The van der Waals surface area contributed by atoms with Crippen LogP contribution in [0.1, 0.15) is 31.4 Å². The van der Waals surface area contributed by atoms with Crippen LogP contribution in [-0.2, 0) is 14.3 Å². The largest absolute Gasteiger partial charge is 0.459 e. The van der Waals surface area contributed by atoms with Gasteiger partial charge in [-0.3, -0.25) is 9.59 Å². The van der Waals surface area contributed by atoms with E-state index in [4.69, 9.17) is 13.9 Å². The number of benzene rings is 1. The molecule has 0 spiro atoms. The van der Waals surface area contributed by atoms with Crippen LogP contribution in [0.5, 0.6) is 5.75 Å². The van der Waals surface area contributed by atoms with Crippen molar-refractivity contribution in [2.75, 3.05) is 0 Å². The number of rotatable bonds is 3. The van der Waals surface area contributed by atoms with E-state index in [0.29, 0.717) is 11.3 Å². The van der Waals surface area contributed by atoms with Gasteiger partial charge in [-0.1, -0.05) is 15.9 Å². The van der Waals surface area contributed by atoms with Crippen molar-refractivity contribution in [2.45, 2.75) is 20.1 Å². The van der Waals surface area contributed by atoms with Crippen molar-refractivity contribution in [3.8, 4) is 5.75 Å². The van der Waals surface area contributed by atoms with Crippen molar-refractivity contribution < 1.29 is 23.5 Å². The van der Waals surface area contributed by atoms with Gasteiger partial charge in [0.2, 0.25) is 12.1 Å². The third kappa shape index (κ3) is 3.18. The molecule has 24 heavy (non-hydrogen) atoms. The first kappa shape index (κ1) is 16.3. The highest BCUT2D eigenvalue weighted by molar-refractivity contribution is 9.10. The Bertz CT molecular complexity index is 816. The molecule has 0 aliphatic carbocycles. The molecule has 0 bridgehead atoms. The van der Waals surface area contributed by atoms with Crippen LogP contribution >= 0.6 is 15.9 Å². The van der Waals surface area contributed by atoms with Gasteiger partial charge in [0, 0.05) is 18.3 Å². The van der Waals surface area contributed by atoms with E-state index in [1.807, 2.05) is 0 Å². The Kier molecular flexibility index (Phi) is 4.39. The number of hydrogen-bond acceptors (Lipinski definition) is 6. The van der Waals surface area contributed by atoms with E-state index in [9.17, 15) is 9.59 Å². The van der Waals surface area contributed by atoms with E-state index in [1.165, 1.54) is 25.1 Å². The SMILES string of the molecule is CC(=O)Oc1ccc(Br)cc1C1OC(c2ccco2)=NN1C(C)=O. The highest BCUT2D eigenvalue weighted by Crippen LogP contribution is 2.37. The van der Waals surface area contributed by atoms with Crippen LogP contribution in [0.25, 0.3) is 0 Å². The molecule has 1 amide bonds. The molecule has 0 N–H and O–H groups in total. The van der Waals surface area contributed by atoms with E-state index in [2.05, 4.69) is 21.0 Å². The molecule has 3 rings (SSSR count).